The van der Waals surface area contributed by atoms with Crippen LogP contribution in [-0.4, -0.2) is 183 Å². The number of carboxylic acid groups (broad SMARTS) is 1. The number of carboxylic acids is 1. The highest BCUT2D eigenvalue weighted by Crippen LogP contribution is 2.21. The van der Waals surface area contributed by atoms with Gasteiger partial charge in [0, 0.05) is 25.4 Å². The first kappa shape index (κ1) is 81.6. The zero-order valence-electron chi connectivity index (χ0n) is 54.7. The van der Waals surface area contributed by atoms with Gasteiger partial charge in [-0.15, -0.1) is 0 Å². The van der Waals surface area contributed by atoms with E-state index in [1.165, 1.54) is 19.3 Å². The Bertz CT molecular complexity index is 3010. The molecule has 18 N–H and O–H groups in total. The van der Waals surface area contributed by atoms with Crippen LogP contribution in [0.2, 0.25) is 0 Å². The number of ether oxygens (including phenoxy) is 2. The summed E-state index contributed by atoms with van der Waals surface area (Å²) < 4.78 is 11.0. The molecule has 1 heterocycles. The summed E-state index contributed by atoms with van der Waals surface area (Å²) in [4.78, 5) is 160. The number of pyridine rings is 1. The second kappa shape index (κ2) is 40.6. The molecule has 3 aromatic rings. The van der Waals surface area contributed by atoms with Crippen molar-refractivity contribution in [1.29, 1.82) is 0 Å². The number of nitrogens with one attached hydrogen (secondary N) is 10. The van der Waals surface area contributed by atoms with E-state index in [0.29, 0.717) is 16.7 Å². The van der Waals surface area contributed by atoms with Crippen LogP contribution in [0, 0.1) is 17.8 Å². The minimum absolute atomic E-state index is 0. The van der Waals surface area contributed by atoms with Gasteiger partial charge >= 0.3 is 18.2 Å². The molecule has 12 atom stereocenters. The topological polar surface area (TPSA) is 485 Å². The Balaban J connectivity index is 0.0000307. The third-order valence-corrected chi connectivity index (χ3v) is 14.3. The SMILES string of the molecule is C.CC[C@H](C)[C@H](NC(=O)[C@@H](CCCN=C(N)N)NC(=O)[C@H](CC(C)C)NC(=O)[C@@H](NC(=O)[C@@H](NC(=O)OCc1ccccc1)[C@H](NC(=O)OC(C)(C)C)c1ccccc1)[C@H](O)C(C)C)C(=O)N[C@H](C(=O)NCC(=O)N[C@@H](Cc1cccnc1)C(=O)N[C@@H](CO)C(=O)O)[C@H](C)O. The highest BCUT2D eigenvalue weighted by atomic mass is 16.6. The number of aliphatic carboxylic acids is 1. The van der Waals surface area contributed by atoms with Crippen molar-refractivity contribution >= 4 is 71.4 Å². The van der Waals surface area contributed by atoms with Crippen LogP contribution >= 0.6 is 0 Å². The predicted molar refractivity (Wildman–Crippen MR) is 349 cm³/mol. The number of aromatic nitrogens is 1. The first-order valence-electron chi connectivity index (χ1n) is 30.8. The first-order valence-corrected chi connectivity index (χ1v) is 30.8. The average Bonchev–Trinajstić information content (AvgIpc) is 0.870. The van der Waals surface area contributed by atoms with E-state index in [1.54, 1.807) is 135 Å². The van der Waals surface area contributed by atoms with Gasteiger partial charge in [0.05, 0.1) is 31.4 Å². The zero-order valence-corrected chi connectivity index (χ0v) is 54.7. The molecule has 0 fully saturated rings. The smallest absolute Gasteiger partial charge is 0.408 e. The molecule has 0 aliphatic carbocycles. The number of nitrogens with zero attached hydrogens (tertiary/aromatic N) is 2. The van der Waals surface area contributed by atoms with Gasteiger partial charge in [0.1, 0.15) is 60.5 Å². The maximum Gasteiger partial charge on any atom is 0.408 e. The molecule has 526 valence electrons. The lowest BCUT2D eigenvalue weighted by molar-refractivity contribution is -0.143. The normalized spacial score (nSPS) is 14.9. The number of guanidine groups is 1. The largest absolute Gasteiger partial charge is 0.480 e. The summed E-state index contributed by atoms with van der Waals surface area (Å²) in [5, 5.41) is 66.3. The van der Waals surface area contributed by atoms with Crippen molar-refractivity contribution in [2.45, 2.75) is 188 Å². The number of carbonyl (C=O) groups is 11. The third-order valence-electron chi connectivity index (χ3n) is 14.3. The number of carbonyl (C=O) groups excluding carboxylic acids is 10. The van der Waals surface area contributed by atoms with E-state index < -0.39 is 163 Å². The van der Waals surface area contributed by atoms with Gasteiger partial charge in [-0.3, -0.25) is 48.3 Å². The molecule has 2 aromatic carbocycles. The Morgan fingerprint density at radius 2 is 1.16 bits per heavy atom. The zero-order chi connectivity index (χ0) is 70.4. The number of aliphatic hydroxyl groups excluding tert-OH is 3. The highest BCUT2D eigenvalue weighted by Gasteiger charge is 2.41. The number of nitrogens with two attached hydrogens (primary N) is 2. The molecule has 10 amide bonds. The summed E-state index contributed by atoms with van der Waals surface area (Å²) in [6, 6.07) is 5.38. The fourth-order valence-electron chi connectivity index (χ4n) is 9.14. The summed E-state index contributed by atoms with van der Waals surface area (Å²) in [5.41, 5.74) is 11.5. The van der Waals surface area contributed by atoms with Crippen LogP contribution in [0.5, 0.6) is 0 Å². The number of hydrogen-bond donors (Lipinski definition) is 16. The lowest BCUT2D eigenvalue weighted by Gasteiger charge is -2.33. The molecule has 1 aromatic heterocycles. The van der Waals surface area contributed by atoms with E-state index in [9.17, 15) is 73.2 Å². The number of alkyl carbamates (subject to hydrolysis) is 2. The number of benzene rings is 2. The van der Waals surface area contributed by atoms with E-state index >= 15 is 0 Å². The molecule has 0 saturated heterocycles. The van der Waals surface area contributed by atoms with E-state index in [4.69, 9.17) is 20.9 Å². The molecule has 0 unspecified atom stereocenters. The van der Waals surface area contributed by atoms with Crippen LogP contribution in [0.4, 0.5) is 9.59 Å². The quantitative estimate of drug-likeness (QED) is 0.0204. The van der Waals surface area contributed by atoms with Gasteiger partial charge in [-0.05, 0) is 87.5 Å². The van der Waals surface area contributed by atoms with E-state index in [-0.39, 0.29) is 64.6 Å². The minimum atomic E-state index is -1.86. The van der Waals surface area contributed by atoms with E-state index in [2.05, 4.69) is 63.1 Å². The molecule has 95 heavy (non-hydrogen) atoms. The van der Waals surface area contributed by atoms with E-state index in [0.717, 1.165) is 0 Å². The van der Waals surface area contributed by atoms with Crippen LogP contribution in [0.15, 0.2) is 90.2 Å². The summed E-state index contributed by atoms with van der Waals surface area (Å²) in [6.45, 7) is 13.8. The van der Waals surface area contributed by atoms with Gasteiger partial charge in [-0.1, -0.05) is 122 Å². The molecule has 0 aliphatic rings. The monoisotopic (exact) mass is 1330 g/mol. The number of amides is 10. The highest BCUT2D eigenvalue weighted by molar-refractivity contribution is 5.98. The molecule has 3 rings (SSSR count). The molecule has 31 heteroatoms. The molecule has 0 aliphatic heterocycles. The van der Waals surface area contributed by atoms with Gasteiger partial charge in [-0.2, -0.15) is 0 Å². The maximum absolute atomic E-state index is 14.9. The predicted octanol–water partition coefficient (Wildman–Crippen LogP) is -0.0486. The van der Waals surface area contributed by atoms with Crippen molar-refractivity contribution in [2.24, 2.45) is 34.2 Å². The van der Waals surface area contributed by atoms with E-state index in [1.807, 2.05) is 0 Å². The summed E-state index contributed by atoms with van der Waals surface area (Å²) in [7, 11) is 0. The second-order valence-electron chi connectivity index (χ2n) is 24.2. The molecule has 31 nitrogen and oxygen atoms in total. The molecule has 0 radical (unpaired) electrons. The number of aliphatic imine (C=N–C) groups is 1. The van der Waals surface area contributed by atoms with Crippen molar-refractivity contribution < 1.29 is 82.6 Å². The van der Waals surface area contributed by atoms with Crippen LogP contribution in [0.25, 0.3) is 0 Å². The Kier molecular flexibility index (Phi) is 34.9. The summed E-state index contributed by atoms with van der Waals surface area (Å²) >= 11 is 0. The fraction of sp³-hybridized carbons (Fsp3) is 0.547. The Hall–Kier alpha value is -9.49. The van der Waals surface area contributed by atoms with Crippen molar-refractivity contribution in [3.63, 3.8) is 0 Å². The third kappa shape index (κ3) is 29.1. The standard InChI is InChI=1S/C63H94N14O17.CH4/c1-11-36(6)46(56(86)74-47(37(7)79)55(85)68-31-45(80)69-43(29-39-22-18-26-66-30-39)54(84)72-44(32-78)59(89)90)73-52(82)41(25-19-27-67-60(64)65)70-53(83)42(28-34(2)3)71-58(88)50(51(81)35(4)5)75-57(87)49(77-61(91)93-33-38-20-14-12-15-21-38)48(40-23-16-13-17-24-40)76-62(92)94-63(8,9)10;/h12-18,20-24,26,30,34-37,41-44,46-51,78-79,81H,11,19,25,27-29,31-33H2,1-10H3,(H,68,85)(H,69,80)(H,70,83)(H,71,88)(H,72,84)(H,73,82)(H,74,86)(H,75,87)(H,76,92)(H,77,91)(H,89,90)(H4,64,65,67);1H4/t36-,37-,41+,42-,43-,44-,46-,47-,48+,49-,50-,51+;/m0./s1. The van der Waals surface area contributed by atoms with Crippen molar-refractivity contribution in [1.82, 2.24) is 58.2 Å². The van der Waals surface area contributed by atoms with Crippen LogP contribution in [0.1, 0.15) is 125 Å². The van der Waals surface area contributed by atoms with Crippen LogP contribution < -0.4 is 64.6 Å². The van der Waals surface area contributed by atoms with Crippen molar-refractivity contribution in [3.05, 3.63) is 102 Å². The number of hydrogen-bond acceptors (Lipinski definition) is 18. The Morgan fingerprint density at radius 1 is 0.611 bits per heavy atom. The number of rotatable bonds is 37. The minimum Gasteiger partial charge on any atom is -0.480 e. The first-order chi connectivity index (χ1) is 44.2. The molecule has 0 saturated carbocycles. The van der Waals surface area contributed by atoms with Gasteiger partial charge in [0.15, 0.2) is 5.96 Å². The van der Waals surface area contributed by atoms with Crippen molar-refractivity contribution in [3.8, 4) is 0 Å². The molecule has 0 bridgehead atoms. The van der Waals surface area contributed by atoms with Crippen LogP contribution in [-0.2, 0) is 65.7 Å². The van der Waals surface area contributed by atoms with Crippen LogP contribution in [0.3, 0.4) is 0 Å². The molecular formula is C64H98N14O17. The van der Waals surface area contributed by atoms with Gasteiger partial charge < -0.3 is 94.5 Å². The molecule has 0 spiro atoms. The average molecular weight is 1340 g/mol. The Labute approximate surface area is 553 Å². The van der Waals surface area contributed by atoms with Gasteiger partial charge in [0.2, 0.25) is 47.3 Å². The fourth-order valence-corrected chi connectivity index (χ4v) is 9.14. The number of aliphatic hydroxyl groups is 3. The molecular weight excluding hydrogens is 1240 g/mol. The lowest BCUT2D eigenvalue weighted by atomic mass is 9.95. The van der Waals surface area contributed by atoms with Gasteiger partial charge in [-0.25, -0.2) is 14.4 Å². The summed E-state index contributed by atoms with van der Waals surface area (Å²) in [6.07, 6.45) is -2.68. The summed E-state index contributed by atoms with van der Waals surface area (Å²) in [5.74, 6) is -11.7. The van der Waals surface area contributed by atoms with Gasteiger partial charge in [0.25, 0.3) is 0 Å². The Morgan fingerprint density at radius 3 is 1.71 bits per heavy atom. The maximum atomic E-state index is 14.9. The van der Waals surface area contributed by atoms with Crippen molar-refractivity contribution in [2.75, 3.05) is 19.7 Å². The lowest BCUT2D eigenvalue weighted by Crippen LogP contribution is -2.63. The second-order valence-corrected chi connectivity index (χ2v) is 24.2.